The number of ether oxygens (including phenoxy) is 1. The fourth-order valence-corrected chi connectivity index (χ4v) is 10.1. The van der Waals surface area contributed by atoms with Gasteiger partial charge in [-0.15, -0.1) is 22.7 Å². The van der Waals surface area contributed by atoms with Crippen molar-refractivity contribution >= 4 is 79.7 Å². The second-order valence-corrected chi connectivity index (χ2v) is 18.0. The summed E-state index contributed by atoms with van der Waals surface area (Å²) in [4.78, 5) is 82.8. The van der Waals surface area contributed by atoms with E-state index in [1.54, 1.807) is 17.7 Å². The van der Waals surface area contributed by atoms with Crippen molar-refractivity contribution in [1.29, 1.82) is 0 Å². The number of hydrogen-bond donors (Lipinski definition) is 6. The van der Waals surface area contributed by atoms with Crippen molar-refractivity contribution in [2.75, 3.05) is 11.5 Å². The zero-order chi connectivity index (χ0) is 38.5. The lowest BCUT2D eigenvalue weighted by Crippen LogP contribution is -2.58. The fraction of sp³-hybridized carbons (Fsp3) is 0.486. The standard InChI is InChI=1S/C35H42N8O7S4/c1-16(2)10-20-34-40-22(12-51-34)28(45)38-24-14-53-54-15-25(33-43-27(18(4)50-33)32(49)36-20)39-29(46)23-13-52-35(41-23)21(11-19-8-6-5-7-9-19)37-31(48)26(17(3)44)42-30(24)47/h5-9,12-13,16-18,20-21,24-27,44H,10-11,14-15H2,1-4H3,(H,36,49)(H,37,48)(H,38,45)(H,39,46)(H,42,47)/t17-,18+,20+,21+,24-,25?,26-,27-/m0/s1. The maximum atomic E-state index is 13.9. The van der Waals surface area contributed by atoms with Gasteiger partial charge in [-0.05, 0) is 38.2 Å². The number of carbonyl (C=O) groups is 5. The number of hydrogen-bond acceptors (Lipinski definition) is 14. The Labute approximate surface area is 328 Å². The Hall–Kier alpha value is -4.04. The average Bonchev–Trinajstić information content (AvgIpc) is 3.90. The van der Waals surface area contributed by atoms with E-state index in [2.05, 4.69) is 41.5 Å². The molecule has 15 nitrogen and oxygen atoms in total. The van der Waals surface area contributed by atoms with Crippen LogP contribution in [0.15, 0.2) is 46.1 Å². The third-order valence-electron chi connectivity index (χ3n) is 8.85. The number of benzene rings is 1. The van der Waals surface area contributed by atoms with Crippen LogP contribution in [0.5, 0.6) is 0 Å². The number of carbonyl (C=O) groups excluding carboxylic acids is 5. The van der Waals surface area contributed by atoms with Gasteiger partial charge in [-0.3, -0.25) is 24.0 Å². The molecule has 288 valence electrons. The topological polar surface area (TPSA) is 213 Å². The molecule has 6 N–H and O–H groups in total. The Morgan fingerprint density at radius 3 is 2.00 bits per heavy atom. The fourth-order valence-electron chi connectivity index (χ4n) is 6.05. The molecule has 2 aromatic heterocycles. The lowest BCUT2D eigenvalue weighted by molar-refractivity contribution is -0.132. The van der Waals surface area contributed by atoms with Gasteiger partial charge < -0.3 is 36.4 Å². The smallest absolute Gasteiger partial charge is 0.271 e. The first-order valence-electron chi connectivity index (χ1n) is 17.5. The lowest BCUT2D eigenvalue weighted by Gasteiger charge is -2.26. The number of fused-ring (bicyclic) bond motifs is 11. The average molecular weight is 815 g/mol. The van der Waals surface area contributed by atoms with Gasteiger partial charge in [0, 0.05) is 22.3 Å². The highest BCUT2D eigenvalue weighted by atomic mass is 33.1. The molecule has 3 aliphatic rings. The normalized spacial score (nSPS) is 27.6. The molecule has 0 saturated carbocycles. The zero-order valence-electron chi connectivity index (χ0n) is 29.9. The van der Waals surface area contributed by atoms with Gasteiger partial charge >= 0.3 is 0 Å². The van der Waals surface area contributed by atoms with Gasteiger partial charge in [-0.2, -0.15) is 0 Å². The Morgan fingerprint density at radius 1 is 0.778 bits per heavy atom. The summed E-state index contributed by atoms with van der Waals surface area (Å²) in [5, 5.41) is 29.2. The molecule has 0 aliphatic carbocycles. The summed E-state index contributed by atoms with van der Waals surface area (Å²) in [7, 11) is 2.53. The molecule has 0 radical (unpaired) electrons. The molecule has 0 fully saturated rings. The molecule has 54 heavy (non-hydrogen) atoms. The van der Waals surface area contributed by atoms with Crippen molar-refractivity contribution in [2.24, 2.45) is 10.9 Å². The number of nitrogens with zero attached hydrogens (tertiary/aromatic N) is 3. The van der Waals surface area contributed by atoms with Crippen LogP contribution in [-0.2, 0) is 25.5 Å². The predicted molar refractivity (Wildman–Crippen MR) is 208 cm³/mol. The minimum atomic E-state index is -1.39. The molecule has 3 aromatic rings. The molecule has 19 heteroatoms. The Morgan fingerprint density at radius 2 is 1.37 bits per heavy atom. The van der Waals surface area contributed by atoms with E-state index in [0.29, 0.717) is 22.9 Å². The summed E-state index contributed by atoms with van der Waals surface area (Å²) >= 11 is 2.39. The van der Waals surface area contributed by atoms with Crippen LogP contribution in [0.1, 0.15) is 82.8 Å². The summed E-state index contributed by atoms with van der Waals surface area (Å²) < 4.78 is 6.14. The molecule has 5 amide bonds. The monoisotopic (exact) mass is 814 g/mol. The minimum Gasteiger partial charge on any atom is -0.474 e. The largest absolute Gasteiger partial charge is 0.474 e. The molecular formula is C35H42N8O7S4. The molecule has 0 spiro atoms. The van der Waals surface area contributed by atoms with Gasteiger partial charge in [0.1, 0.15) is 45.6 Å². The van der Waals surface area contributed by atoms with Crippen LogP contribution in [0, 0.1) is 5.92 Å². The van der Waals surface area contributed by atoms with Crippen molar-refractivity contribution in [3.8, 4) is 0 Å². The van der Waals surface area contributed by atoms with Crippen LogP contribution in [0.25, 0.3) is 0 Å². The van der Waals surface area contributed by atoms with Gasteiger partial charge in [0.2, 0.25) is 23.6 Å². The summed E-state index contributed by atoms with van der Waals surface area (Å²) in [5.74, 6) is -2.28. The van der Waals surface area contributed by atoms with Gasteiger partial charge in [-0.25, -0.2) is 15.0 Å². The molecule has 8 bridgehead atoms. The Balaban J connectivity index is 1.41. The summed E-state index contributed by atoms with van der Waals surface area (Å²) in [6, 6.07) is 3.86. The summed E-state index contributed by atoms with van der Waals surface area (Å²) in [6.07, 6.45) is -1.12. The number of aliphatic imine (C=N–C) groups is 1. The van der Waals surface area contributed by atoms with E-state index < -0.39 is 72.1 Å². The molecule has 3 aliphatic heterocycles. The van der Waals surface area contributed by atoms with E-state index in [9.17, 15) is 29.1 Å². The SMILES string of the molecule is CC(C)C[C@H]1NC(=O)[C@H]2N=C(O[C@@H]2C)C2CSSC[C@H](NC(=O)c3csc1n3)C(=O)N[C@@H]([C@H](C)O)C(=O)N[C@H](Cc1ccccc1)c1nc(cs1)C(=O)N2. The number of thiazole rings is 2. The van der Waals surface area contributed by atoms with Crippen molar-refractivity contribution in [2.45, 2.75) is 89.0 Å². The lowest BCUT2D eigenvalue weighted by atomic mass is 10.0. The molecule has 1 aromatic carbocycles. The second-order valence-electron chi connectivity index (χ2n) is 13.7. The van der Waals surface area contributed by atoms with E-state index in [0.717, 1.165) is 5.56 Å². The molecule has 6 rings (SSSR count). The maximum absolute atomic E-state index is 13.9. The number of aromatic nitrogens is 2. The highest BCUT2D eigenvalue weighted by Gasteiger charge is 2.39. The van der Waals surface area contributed by atoms with Crippen molar-refractivity contribution in [1.82, 2.24) is 36.6 Å². The predicted octanol–water partition coefficient (Wildman–Crippen LogP) is 2.56. The number of nitrogens with one attached hydrogen (secondary N) is 5. The molecule has 8 atom stereocenters. The van der Waals surface area contributed by atoms with Gasteiger partial charge in [-0.1, -0.05) is 65.8 Å². The Bertz CT molecular complexity index is 1890. The summed E-state index contributed by atoms with van der Waals surface area (Å²) in [6.45, 7) is 7.14. The first-order valence-corrected chi connectivity index (χ1v) is 21.8. The van der Waals surface area contributed by atoms with Crippen molar-refractivity contribution in [3.63, 3.8) is 0 Å². The minimum absolute atomic E-state index is 0.0438. The van der Waals surface area contributed by atoms with Crippen LogP contribution >= 0.6 is 44.3 Å². The third-order valence-corrected chi connectivity index (χ3v) is 13.2. The number of rotatable bonds is 5. The van der Waals surface area contributed by atoms with Crippen LogP contribution in [0.4, 0.5) is 0 Å². The maximum Gasteiger partial charge on any atom is 0.271 e. The van der Waals surface area contributed by atoms with Crippen molar-refractivity contribution < 1.29 is 33.8 Å². The highest BCUT2D eigenvalue weighted by molar-refractivity contribution is 8.76. The van der Waals surface area contributed by atoms with Gasteiger partial charge in [0.25, 0.3) is 11.8 Å². The molecule has 0 saturated heterocycles. The van der Waals surface area contributed by atoms with Gasteiger partial charge in [0.05, 0.1) is 18.2 Å². The Kier molecular flexibility index (Phi) is 12.9. The quantitative estimate of drug-likeness (QED) is 0.206. The van der Waals surface area contributed by atoms with E-state index in [-0.39, 0.29) is 40.6 Å². The number of aliphatic hydroxyl groups is 1. The van der Waals surface area contributed by atoms with Crippen LogP contribution in [0.2, 0.25) is 0 Å². The van der Waals surface area contributed by atoms with Crippen LogP contribution < -0.4 is 26.6 Å². The van der Waals surface area contributed by atoms with E-state index in [1.165, 1.54) is 51.2 Å². The molecule has 5 heterocycles. The second kappa shape index (κ2) is 17.6. The summed E-state index contributed by atoms with van der Waals surface area (Å²) in [5.41, 5.74) is 1.05. The van der Waals surface area contributed by atoms with Crippen LogP contribution in [-0.4, -0.2) is 98.4 Å². The molecular weight excluding hydrogens is 773 g/mol. The zero-order valence-corrected chi connectivity index (χ0v) is 33.2. The van der Waals surface area contributed by atoms with Crippen LogP contribution in [0.3, 0.4) is 0 Å². The van der Waals surface area contributed by atoms with E-state index in [1.807, 2.05) is 44.2 Å². The molecule has 1 unspecified atom stereocenters. The third kappa shape index (κ3) is 9.60. The number of amides is 5. The van der Waals surface area contributed by atoms with E-state index >= 15 is 0 Å². The van der Waals surface area contributed by atoms with Gasteiger partial charge in [0.15, 0.2) is 6.04 Å². The first kappa shape index (κ1) is 39.6. The highest BCUT2D eigenvalue weighted by Crippen LogP contribution is 2.29. The van der Waals surface area contributed by atoms with Crippen molar-refractivity contribution in [3.05, 3.63) is 68.1 Å². The number of aliphatic hydroxyl groups excluding tert-OH is 1. The first-order chi connectivity index (χ1) is 25.9. The van der Waals surface area contributed by atoms with E-state index in [4.69, 9.17) is 4.74 Å².